The van der Waals surface area contributed by atoms with E-state index in [1.54, 1.807) is 18.3 Å². The standard InChI is InChI=1S/C26H26F3N5O6/c27-26(28,29)40-17-8-6-16(7-9-17)34-23(35)19-4-1-3-18(19)22(31-34)30-20-5-2-10-33(24(20)36)12-11-32-13-14-39-21(15-32)25(37)38/h2,5-10,21H,1,3-4,11-15H2,(H,30,31)(H,37,38). The summed E-state index contributed by atoms with van der Waals surface area (Å²) >= 11 is 0. The van der Waals surface area contributed by atoms with Crippen LogP contribution in [-0.2, 0) is 28.9 Å². The molecule has 1 fully saturated rings. The summed E-state index contributed by atoms with van der Waals surface area (Å²) in [7, 11) is 0. The summed E-state index contributed by atoms with van der Waals surface area (Å²) in [4.78, 5) is 39.6. The number of carboxylic acids is 1. The van der Waals surface area contributed by atoms with E-state index >= 15 is 0 Å². The molecule has 14 heteroatoms. The van der Waals surface area contributed by atoms with Gasteiger partial charge >= 0.3 is 12.3 Å². The first kappa shape index (κ1) is 27.4. The first-order chi connectivity index (χ1) is 19.1. The summed E-state index contributed by atoms with van der Waals surface area (Å²) in [5.74, 6) is -1.14. The normalized spacial score (nSPS) is 17.4. The molecule has 2 N–H and O–H groups in total. The number of ether oxygens (including phenoxy) is 2. The van der Waals surface area contributed by atoms with Crippen LogP contribution in [-0.4, -0.2) is 69.0 Å². The highest BCUT2D eigenvalue weighted by Gasteiger charge is 2.31. The molecule has 2 aromatic heterocycles. The van der Waals surface area contributed by atoms with Crippen LogP contribution in [0.3, 0.4) is 0 Å². The number of hydrogen-bond donors (Lipinski definition) is 2. The molecule has 0 amide bonds. The highest BCUT2D eigenvalue weighted by Crippen LogP contribution is 2.28. The van der Waals surface area contributed by atoms with Crippen molar-refractivity contribution in [2.45, 2.75) is 38.3 Å². The quantitative estimate of drug-likeness (QED) is 0.426. The Balaban J connectivity index is 1.38. The zero-order valence-corrected chi connectivity index (χ0v) is 21.2. The van der Waals surface area contributed by atoms with Gasteiger partial charge in [0.2, 0.25) is 0 Å². The van der Waals surface area contributed by atoms with Crippen LogP contribution in [0.25, 0.3) is 5.69 Å². The number of rotatable bonds is 8. The highest BCUT2D eigenvalue weighted by molar-refractivity contribution is 5.72. The summed E-state index contributed by atoms with van der Waals surface area (Å²) in [6, 6.07) is 8.09. The molecule has 0 spiro atoms. The molecule has 1 aliphatic carbocycles. The summed E-state index contributed by atoms with van der Waals surface area (Å²) in [5.41, 5.74) is 0.996. The summed E-state index contributed by atoms with van der Waals surface area (Å²) < 4.78 is 49.3. The number of fused-ring (bicyclic) bond motifs is 1. The van der Waals surface area contributed by atoms with E-state index in [0.29, 0.717) is 49.4 Å². The Hall–Kier alpha value is -4.17. The molecule has 1 atom stereocenters. The fourth-order valence-corrected chi connectivity index (χ4v) is 4.88. The number of hydrogen-bond acceptors (Lipinski definition) is 8. The lowest BCUT2D eigenvalue weighted by molar-refractivity contribution is -0.274. The van der Waals surface area contributed by atoms with Gasteiger partial charge in [0.25, 0.3) is 11.1 Å². The number of morpholine rings is 1. The van der Waals surface area contributed by atoms with Crippen LogP contribution in [0.1, 0.15) is 17.5 Å². The molecule has 0 radical (unpaired) electrons. The van der Waals surface area contributed by atoms with Crippen molar-refractivity contribution in [2.24, 2.45) is 0 Å². The lowest BCUT2D eigenvalue weighted by Crippen LogP contribution is -2.47. The van der Waals surface area contributed by atoms with Crippen LogP contribution in [0.15, 0.2) is 52.2 Å². The second kappa shape index (κ2) is 11.1. The molecule has 1 saturated heterocycles. The van der Waals surface area contributed by atoms with E-state index in [2.05, 4.69) is 15.2 Å². The predicted octanol–water partition coefficient (Wildman–Crippen LogP) is 2.31. The number of pyridine rings is 1. The smallest absolute Gasteiger partial charge is 0.479 e. The van der Waals surface area contributed by atoms with Gasteiger partial charge in [0, 0.05) is 43.5 Å². The third-order valence-electron chi connectivity index (χ3n) is 6.83. The van der Waals surface area contributed by atoms with Crippen molar-refractivity contribution in [1.82, 2.24) is 19.2 Å². The third kappa shape index (κ3) is 6.02. The van der Waals surface area contributed by atoms with Crippen molar-refractivity contribution < 1.29 is 32.5 Å². The Kier molecular flexibility index (Phi) is 7.63. The van der Waals surface area contributed by atoms with Crippen molar-refractivity contribution in [3.05, 3.63) is 74.4 Å². The molecule has 1 unspecified atom stereocenters. The number of nitrogens with one attached hydrogen (secondary N) is 1. The van der Waals surface area contributed by atoms with E-state index in [0.717, 1.165) is 23.2 Å². The number of nitrogens with zero attached hydrogens (tertiary/aromatic N) is 4. The number of anilines is 2. The zero-order chi connectivity index (χ0) is 28.4. The fourth-order valence-electron chi connectivity index (χ4n) is 4.88. The molecular formula is C26H26F3N5O6. The van der Waals surface area contributed by atoms with Gasteiger partial charge in [-0.25, -0.2) is 4.79 Å². The van der Waals surface area contributed by atoms with Gasteiger partial charge in [0.15, 0.2) is 11.9 Å². The molecule has 2 aliphatic rings. The molecule has 5 rings (SSSR count). The van der Waals surface area contributed by atoms with E-state index < -0.39 is 24.2 Å². The van der Waals surface area contributed by atoms with Crippen LogP contribution in [0.2, 0.25) is 0 Å². The second-order valence-electron chi connectivity index (χ2n) is 9.46. The van der Waals surface area contributed by atoms with E-state index in [1.807, 2.05) is 4.90 Å². The number of halogens is 3. The van der Waals surface area contributed by atoms with E-state index in [1.165, 1.54) is 16.7 Å². The average molecular weight is 562 g/mol. The molecule has 11 nitrogen and oxygen atoms in total. The minimum Gasteiger partial charge on any atom is -0.479 e. The SMILES string of the molecule is O=C(O)C1CN(CCn2cccc(Nc3nn(-c4ccc(OC(F)(F)F)cc4)c(=O)c4c3CCC4)c2=O)CCO1. The summed E-state index contributed by atoms with van der Waals surface area (Å²) in [5, 5.41) is 16.7. The number of carboxylic acid groups (broad SMARTS) is 1. The molecule has 0 saturated carbocycles. The second-order valence-corrected chi connectivity index (χ2v) is 9.46. The van der Waals surface area contributed by atoms with Gasteiger partial charge in [0.1, 0.15) is 11.4 Å². The van der Waals surface area contributed by atoms with Gasteiger partial charge in [-0.1, -0.05) is 0 Å². The first-order valence-corrected chi connectivity index (χ1v) is 12.6. The maximum Gasteiger partial charge on any atom is 0.573 e. The number of benzene rings is 1. The van der Waals surface area contributed by atoms with Gasteiger partial charge in [-0.15, -0.1) is 18.3 Å². The van der Waals surface area contributed by atoms with Crippen molar-refractivity contribution in [2.75, 3.05) is 31.6 Å². The maximum absolute atomic E-state index is 13.3. The van der Waals surface area contributed by atoms with Gasteiger partial charge < -0.3 is 24.5 Å². The Morgan fingerprint density at radius 2 is 1.85 bits per heavy atom. The number of alkyl halides is 3. The zero-order valence-electron chi connectivity index (χ0n) is 21.2. The Morgan fingerprint density at radius 3 is 2.58 bits per heavy atom. The lowest BCUT2D eigenvalue weighted by atomic mass is 10.2. The highest BCUT2D eigenvalue weighted by atomic mass is 19.4. The number of aliphatic carboxylic acids is 1. The van der Waals surface area contributed by atoms with Crippen molar-refractivity contribution in [1.29, 1.82) is 0 Å². The number of aromatic nitrogens is 3. The monoisotopic (exact) mass is 561 g/mol. The van der Waals surface area contributed by atoms with E-state index in [9.17, 15) is 32.7 Å². The maximum atomic E-state index is 13.3. The van der Waals surface area contributed by atoms with Crippen LogP contribution in [0, 0.1) is 0 Å². The topological polar surface area (TPSA) is 128 Å². The molecule has 212 valence electrons. The number of carbonyl (C=O) groups is 1. The summed E-state index contributed by atoms with van der Waals surface area (Å²) in [6.07, 6.45) is -2.30. The van der Waals surface area contributed by atoms with Gasteiger partial charge in [0.05, 0.1) is 12.3 Å². The lowest BCUT2D eigenvalue weighted by Gasteiger charge is -2.30. The fraction of sp³-hybridized carbons (Fsp3) is 0.385. The van der Waals surface area contributed by atoms with Crippen LogP contribution in [0.4, 0.5) is 24.7 Å². The molecule has 0 bridgehead atoms. The summed E-state index contributed by atoms with van der Waals surface area (Å²) in [6.45, 7) is 1.83. The molecule has 1 aromatic carbocycles. The van der Waals surface area contributed by atoms with Crippen LogP contribution < -0.4 is 21.2 Å². The molecule has 40 heavy (non-hydrogen) atoms. The minimum absolute atomic E-state index is 0.225. The average Bonchev–Trinajstić information content (AvgIpc) is 3.41. The third-order valence-corrected chi connectivity index (χ3v) is 6.83. The Labute approximate surface area is 225 Å². The van der Waals surface area contributed by atoms with Gasteiger partial charge in [-0.2, -0.15) is 4.68 Å². The molecule has 3 heterocycles. The van der Waals surface area contributed by atoms with Crippen molar-refractivity contribution in [3.8, 4) is 11.4 Å². The van der Waals surface area contributed by atoms with E-state index in [4.69, 9.17) is 4.74 Å². The van der Waals surface area contributed by atoms with Crippen molar-refractivity contribution in [3.63, 3.8) is 0 Å². The van der Waals surface area contributed by atoms with Gasteiger partial charge in [-0.3, -0.25) is 14.5 Å². The Morgan fingerprint density at radius 1 is 1.10 bits per heavy atom. The predicted molar refractivity (Wildman–Crippen MR) is 136 cm³/mol. The molecule has 1 aliphatic heterocycles. The van der Waals surface area contributed by atoms with Crippen LogP contribution >= 0.6 is 0 Å². The first-order valence-electron chi connectivity index (χ1n) is 12.6. The van der Waals surface area contributed by atoms with Gasteiger partial charge in [-0.05, 0) is 55.7 Å². The minimum atomic E-state index is -4.84. The largest absolute Gasteiger partial charge is 0.573 e. The molecule has 3 aromatic rings. The van der Waals surface area contributed by atoms with Crippen molar-refractivity contribution >= 4 is 17.5 Å². The van der Waals surface area contributed by atoms with E-state index in [-0.39, 0.29) is 35.6 Å². The van der Waals surface area contributed by atoms with Crippen LogP contribution in [0.5, 0.6) is 5.75 Å². The molecular weight excluding hydrogens is 535 g/mol. The Bertz CT molecular complexity index is 1520.